The molecule has 0 unspecified atom stereocenters. The molecule has 0 bridgehead atoms. The average molecular weight is 567 g/mol. The molecule has 0 aromatic heterocycles. The number of allylic oxidation sites excluding steroid dienone is 1. The van der Waals surface area contributed by atoms with Crippen molar-refractivity contribution < 1.29 is 26.8 Å². The van der Waals surface area contributed by atoms with Crippen LogP contribution in [0.15, 0.2) is 47.4 Å². The van der Waals surface area contributed by atoms with Crippen molar-refractivity contribution in [3.63, 3.8) is 0 Å². The second-order valence-corrected chi connectivity index (χ2v) is 14.3. The highest BCUT2D eigenvalue weighted by Gasteiger charge is 2.34. The van der Waals surface area contributed by atoms with E-state index in [2.05, 4.69) is 29.9 Å². The first-order chi connectivity index (χ1) is 18.3. The van der Waals surface area contributed by atoms with Gasteiger partial charge in [-0.3, -0.25) is 0 Å². The van der Waals surface area contributed by atoms with Gasteiger partial charge in [-0.05, 0) is 92.3 Å². The summed E-state index contributed by atoms with van der Waals surface area (Å²) in [7, 11) is -2.03. The van der Waals surface area contributed by atoms with Crippen LogP contribution in [-0.2, 0) is 15.3 Å². The maximum atomic E-state index is 13.0. The number of halogens is 3. The molecule has 0 N–H and O–H groups in total. The van der Waals surface area contributed by atoms with E-state index >= 15 is 0 Å². The van der Waals surface area contributed by atoms with E-state index in [1.165, 1.54) is 29.4 Å². The summed E-state index contributed by atoms with van der Waals surface area (Å²) in [5, 5.41) is 0. The van der Waals surface area contributed by atoms with Gasteiger partial charge < -0.3 is 13.6 Å². The monoisotopic (exact) mass is 566 g/mol. The summed E-state index contributed by atoms with van der Waals surface area (Å²) in [6, 6.07) is 15.0. The molecule has 2 aromatic carbocycles. The molecule has 0 saturated carbocycles. The number of benzene rings is 2. The van der Waals surface area contributed by atoms with E-state index in [1.807, 2.05) is 31.7 Å². The lowest BCUT2D eigenvalue weighted by atomic mass is 9.99. The first-order valence-electron chi connectivity index (χ1n) is 13.9. The Kier molecular flexibility index (Phi) is 12.3. The molecule has 3 rings (SSSR count). The van der Waals surface area contributed by atoms with Gasteiger partial charge >= 0.3 is 14.9 Å². The number of hydrogen-bond acceptors (Lipinski definition) is 4. The molecule has 1 aliphatic carbocycles. The van der Waals surface area contributed by atoms with E-state index < -0.39 is 14.9 Å². The van der Waals surface area contributed by atoms with E-state index in [-0.39, 0.29) is 5.75 Å². The molecule has 8 heteroatoms. The Morgan fingerprint density at radius 2 is 1.63 bits per heavy atom. The van der Waals surface area contributed by atoms with Crippen LogP contribution in [0.5, 0.6) is 5.75 Å². The fourth-order valence-electron chi connectivity index (χ4n) is 5.05. The van der Waals surface area contributed by atoms with Crippen LogP contribution in [0.4, 0.5) is 13.2 Å². The summed E-state index contributed by atoms with van der Waals surface area (Å²) < 4.78 is 55.3. The fraction of sp³-hybridized carbons (Fsp3) is 0.533. The van der Waals surface area contributed by atoms with Crippen molar-refractivity contribution in [3.05, 3.63) is 59.2 Å². The van der Waals surface area contributed by atoms with Crippen molar-refractivity contribution in [1.29, 1.82) is 0 Å². The van der Waals surface area contributed by atoms with Gasteiger partial charge in [-0.25, -0.2) is 0 Å². The molecule has 0 spiro atoms. The fourth-order valence-corrected chi connectivity index (χ4v) is 8.98. The van der Waals surface area contributed by atoms with E-state index in [0.717, 1.165) is 67.9 Å². The number of rotatable bonds is 15. The Morgan fingerprint density at radius 3 is 2.34 bits per heavy atom. The molecule has 210 valence electrons. The highest BCUT2D eigenvalue weighted by atomic mass is 32.2. The van der Waals surface area contributed by atoms with Crippen LogP contribution < -0.4 is 4.74 Å². The largest absolute Gasteiger partial charge is 0.573 e. The molecule has 0 aliphatic heterocycles. The number of thioether (sulfide) groups is 1. The second kappa shape index (κ2) is 15.2. The van der Waals surface area contributed by atoms with E-state index in [4.69, 9.17) is 8.85 Å². The molecular weight excluding hydrogens is 525 g/mol. The van der Waals surface area contributed by atoms with E-state index in [0.29, 0.717) is 12.0 Å². The van der Waals surface area contributed by atoms with Crippen LogP contribution in [0, 0.1) is 0 Å². The number of alkyl halides is 3. The third-order valence-corrected chi connectivity index (χ3v) is 11.8. The highest BCUT2D eigenvalue weighted by Crippen LogP contribution is 2.37. The van der Waals surface area contributed by atoms with Gasteiger partial charge in [-0.1, -0.05) is 56.5 Å². The van der Waals surface area contributed by atoms with Gasteiger partial charge in [0.1, 0.15) is 5.75 Å². The summed E-state index contributed by atoms with van der Waals surface area (Å²) >= 11 is 1.85. The van der Waals surface area contributed by atoms with Gasteiger partial charge in [-0.15, -0.1) is 24.9 Å². The molecule has 0 radical (unpaired) electrons. The molecule has 0 atom stereocenters. The molecule has 1 aliphatic rings. The van der Waals surface area contributed by atoms with E-state index in [9.17, 15) is 13.2 Å². The third kappa shape index (κ3) is 9.47. The second-order valence-electron chi connectivity index (χ2n) is 9.57. The lowest BCUT2D eigenvalue weighted by molar-refractivity contribution is -0.274. The minimum atomic E-state index is -4.71. The topological polar surface area (TPSA) is 27.7 Å². The van der Waals surface area contributed by atoms with Crippen molar-refractivity contribution in [2.24, 2.45) is 0 Å². The highest BCUT2D eigenvalue weighted by molar-refractivity contribution is 7.99. The van der Waals surface area contributed by atoms with Crippen molar-refractivity contribution in [2.75, 3.05) is 19.0 Å². The summed E-state index contributed by atoms with van der Waals surface area (Å²) in [4.78, 5) is 1.20. The van der Waals surface area contributed by atoms with Crippen LogP contribution in [0.1, 0.15) is 76.0 Å². The van der Waals surface area contributed by atoms with Gasteiger partial charge in [0, 0.05) is 23.7 Å². The first kappa shape index (κ1) is 30.8. The van der Waals surface area contributed by atoms with Crippen LogP contribution >= 0.6 is 11.8 Å². The lowest BCUT2D eigenvalue weighted by Crippen LogP contribution is -2.41. The zero-order valence-corrected chi connectivity index (χ0v) is 24.7. The van der Waals surface area contributed by atoms with Gasteiger partial charge in [0.05, 0.1) is 0 Å². The first-order valence-corrected chi connectivity index (χ1v) is 17.1. The maximum absolute atomic E-state index is 13.0. The van der Waals surface area contributed by atoms with Crippen molar-refractivity contribution in [1.82, 2.24) is 0 Å². The molecule has 0 heterocycles. The minimum Gasteiger partial charge on any atom is -0.405 e. The maximum Gasteiger partial charge on any atom is 0.573 e. The predicted molar refractivity (Wildman–Crippen MR) is 154 cm³/mol. The Bertz CT molecular complexity index is 1040. The number of ether oxygens (including phenoxy) is 1. The standard InChI is InChI=1S/C30H41F3O3SSi/c1-4-34-38(6-3,35-5-2)21-12-8-7-11-20-37-27-19-18-24-14-13-15-25(22-26(24)23-27)28-16-9-10-17-29(28)36-30(31,32)33/h9-10,16-19,22-23H,4-8,11-15,20-21H2,1-3H3. The van der Waals surface area contributed by atoms with Crippen LogP contribution in [0.2, 0.25) is 12.1 Å². The van der Waals surface area contributed by atoms with Gasteiger partial charge in [-0.2, -0.15) is 0 Å². The number of para-hydroxylation sites is 1. The Balaban J connectivity index is 1.56. The predicted octanol–water partition coefficient (Wildman–Crippen LogP) is 9.65. The number of hydrogen-bond donors (Lipinski definition) is 0. The average Bonchev–Trinajstić information content (AvgIpc) is 3.09. The van der Waals surface area contributed by atoms with Gasteiger partial charge in [0.15, 0.2) is 0 Å². The summed E-state index contributed by atoms with van der Waals surface area (Å²) in [5.74, 6) is 0.909. The van der Waals surface area contributed by atoms with Crippen LogP contribution in [-0.4, -0.2) is 33.9 Å². The van der Waals surface area contributed by atoms with Crippen molar-refractivity contribution in [3.8, 4) is 5.75 Å². The molecule has 38 heavy (non-hydrogen) atoms. The normalized spacial score (nSPS) is 14.1. The summed E-state index contributed by atoms with van der Waals surface area (Å²) in [6.45, 7) is 7.73. The SMILES string of the molecule is CCO[Si](CC)(CCCCCCSc1ccc2c(c1)C=C(c1ccccc1OC(F)(F)F)CCC2)OCC. The molecule has 0 saturated heterocycles. The minimum absolute atomic E-state index is 0.137. The Labute approximate surface area is 231 Å². The van der Waals surface area contributed by atoms with Crippen molar-refractivity contribution in [2.45, 2.75) is 89.1 Å². The van der Waals surface area contributed by atoms with Gasteiger partial charge in [0.2, 0.25) is 0 Å². The Morgan fingerprint density at radius 1 is 0.895 bits per heavy atom. The zero-order valence-electron chi connectivity index (χ0n) is 22.9. The smallest absolute Gasteiger partial charge is 0.405 e. The summed E-state index contributed by atoms with van der Waals surface area (Å²) in [5.41, 5.74) is 3.74. The Hall–Kier alpha value is -1.74. The third-order valence-electron chi connectivity index (χ3n) is 6.87. The van der Waals surface area contributed by atoms with E-state index in [1.54, 1.807) is 18.2 Å². The van der Waals surface area contributed by atoms with Crippen LogP contribution in [0.25, 0.3) is 11.6 Å². The number of unbranched alkanes of at least 4 members (excludes halogenated alkanes) is 3. The van der Waals surface area contributed by atoms with Gasteiger partial charge in [0.25, 0.3) is 0 Å². The van der Waals surface area contributed by atoms with Crippen LogP contribution in [0.3, 0.4) is 0 Å². The molecule has 0 fully saturated rings. The molecular formula is C30H41F3O3SSi. The quantitative estimate of drug-likeness (QED) is 0.122. The molecule has 2 aromatic rings. The number of fused-ring (bicyclic) bond motifs is 1. The lowest BCUT2D eigenvalue weighted by Gasteiger charge is -2.28. The molecule has 3 nitrogen and oxygen atoms in total. The number of aryl methyl sites for hydroxylation is 1. The zero-order chi connectivity index (χ0) is 27.4. The van der Waals surface area contributed by atoms with Crippen molar-refractivity contribution >= 4 is 32.0 Å². The summed E-state index contributed by atoms with van der Waals surface area (Å²) in [6.07, 6.45) is 4.52. The molecule has 0 amide bonds.